The summed E-state index contributed by atoms with van der Waals surface area (Å²) in [5.74, 6) is 0. The minimum atomic E-state index is 0. The Balaban J connectivity index is 0.00000144. The van der Waals surface area contributed by atoms with E-state index >= 15 is 0 Å². The average Bonchev–Trinajstić information content (AvgIpc) is 2.29. The van der Waals surface area contributed by atoms with Gasteiger partial charge >= 0.3 is 37.7 Å². The molecule has 0 radical (unpaired) electrons. The molecule has 0 bridgehead atoms. The molecule has 2 rings (SSSR count). The summed E-state index contributed by atoms with van der Waals surface area (Å²) in [4.78, 5) is 0. The van der Waals surface area contributed by atoms with E-state index in [1.165, 1.54) is 5.56 Å². The first-order valence-corrected chi connectivity index (χ1v) is 5.57. The Kier molecular flexibility index (Phi) is 7.13. The van der Waals surface area contributed by atoms with Crippen LogP contribution in [0.25, 0.3) is 11.1 Å². The van der Waals surface area contributed by atoms with Crippen LogP contribution in [0.4, 0.5) is 0 Å². The molecule has 18 heavy (non-hydrogen) atoms. The SMILES string of the molecule is CC(C)(C)c1c[c-]c(-c2[c-]cccc2)cc1.[Li+].[Li+]. The largest absolute Gasteiger partial charge is 1.00 e. The van der Waals surface area contributed by atoms with Crippen molar-refractivity contribution in [1.29, 1.82) is 0 Å². The summed E-state index contributed by atoms with van der Waals surface area (Å²) >= 11 is 0. The third-order valence-corrected chi connectivity index (χ3v) is 2.68. The first-order chi connectivity index (χ1) is 7.57. The molecule has 0 aliphatic heterocycles. The monoisotopic (exact) mass is 222 g/mol. The van der Waals surface area contributed by atoms with E-state index in [0.717, 1.165) is 11.1 Å². The molecule has 0 fully saturated rings. The van der Waals surface area contributed by atoms with Gasteiger partial charge in [0.15, 0.2) is 0 Å². The molecule has 0 unspecified atom stereocenters. The Hall–Kier alpha value is -0.365. The third-order valence-electron chi connectivity index (χ3n) is 2.68. The molecule has 0 nitrogen and oxygen atoms in total. The van der Waals surface area contributed by atoms with Crippen LogP contribution in [0.15, 0.2) is 42.5 Å². The Morgan fingerprint density at radius 3 is 1.94 bits per heavy atom. The van der Waals surface area contributed by atoms with Gasteiger partial charge in [-0.3, -0.25) is 0 Å². The van der Waals surface area contributed by atoms with Gasteiger partial charge in [0.2, 0.25) is 0 Å². The van der Waals surface area contributed by atoms with E-state index in [1.54, 1.807) is 0 Å². The van der Waals surface area contributed by atoms with Crippen molar-refractivity contribution in [2.24, 2.45) is 0 Å². The third kappa shape index (κ3) is 4.38. The first kappa shape index (κ1) is 17.6. The number of hydrogen-bond acceptors (Lipinski definition) is 0. The van der Waals surface area contributed by atoms with Crippen LogP contribution in [-0.2, 0) is 5.41 Å². The van der Waals surface area contributed by atoms with E-state index in [-0.39, 0.29) is 43.1 Å². The van der Waals surface area contributed by atoms with Gasteiger partial charge in [0, 0.05) is 0 Å². The standard InChI is InChI=1S/C16H16.2Li/c1-16(2,3)15-11-9-14(10-12-15)13-7-5-4-6-8-13;;/h4-7,9,11-12H,1-3H3;;/q-2;2*+1. The fourth-order valence-electron chi connectivity index (χ4n) is 1.62. The molecule has 0 saturated carbocycles. The summed E-state index contributed by atoms with van der Waals surface area (Å²) in [5, 5.41) is 0. The van der Waals surface area contributed by atoms with E-state index in [4.69, 9.17) is 0 Å². The number of benzene rings is 2. The van der Waals surface area contributed by atoms with Gasteiger partial charge in [-0.15, -0.1) is 11.6 Å². The fraction of sp³-hybridized carbons (Fsp3) is 0.250. The van der Waals surface area contributed by atoms with Gasteiger partial charge in [-0.2, -0.15) is 48.5 Å². The van der Waals surface area contributed by atoms with E-state index in [9.17, 15) is 0 Å². The zero-order chi connectivity index (χ0) is 11.6. The van der Waals surface area contributed by atoms with Crippen molar-refractivity contribution in [3.05, 3.63) is 60.2 Å². The second-order valence-electron chi connectivity index (χ2n) is 5.02. The number of hydrogen-bond donors (Lipinski definition) is 0. The van der Waals surface area contributed by atoms with Crippen LogP contribution < -0.4 is 37.7 Å². The Morgan fingerprint density at radius 2 is 1.50 bits per heavy atom. The van der Waals surface area contributed by atoms with Crippen molar-refractivity contribution < 1.29 is 37.7 Å². The molecule has 2 aromatic rings. The van der Waals surface area contributed by atoms with Crippen molar-refractivity contribution in [3.63, 3.8) is 0 Å². The van der Waals surface area contributed by atoms with Crippen molar-refractivity contribution >= 4 is 0 Å². The molecule has 2 heteroatoms. The van der Waals surface area contributed by atoms with Crippen LogP contribution in [-0.4, -0.2) is 0 Å². The maximum atomic E-state index is 3.33. The maximum absolute atomic E-state index is 3.33. The minimum absolute atomic E-state index is 0. The van der Waals surface area contributed by atoms with E-state index in [0.29, 0.717) is 0 Å². The first-order valence-electron chi connectivity index (χ1n) is 5.57. The Bertz CT molecular complexity index is 453. The van der Waals surface area contributed by atoms with Crippen LogP contribution in [0, 0.1) is 12.1 Å². The Labute approximate surface area is 135 Å². The van der Waals surface area contributed by atoms with Gasteiger partial charge < -0.3 is 0 Å². The quantitative estimate of drug-likeness (QED) is 0.397. The van der Waals surface area contributed by atoms with Gasteiger partial charge in [0.1, 0.15) is 0 Å². The number of rotatable bonds is 1. The molecule has 0 saturated heterocycles. The van der Waals surface area contributed by atoms with Crippen molar-refractivity contribution in [2.75, 3.05) is 0 Å². The summed E-state index contributed by atoms with van der Waals surface area (Å²) in [6, 6.07) is 20.9. The molecule has 0 aliphatic rings. The maximum Gasteiger partial charge on any atom is 1.00 e. The van der Waals surface area contributed by atoms with E-state index in [1.807, 2.05) is 18.2 Å². The second-order valence-corrected chi connectivity index (χ2v) is 5.02. The van der Waals surface area contributed by atoms with Crippen LogP contribution in [0.1, 0.15) is 26.3 Å². The van der Waals surface area contributed by atoms with Crippen LogP contribution >= 0.6 is 0 Å². The molecule has 0 amide bonds. The molecular weight excluding hydrogens is 206 g/mol. The average molecular weight is 222 g/mol. The molecule has 0 spiro atoms. The zero-order valence-corrected chi connectivity index (χ0v) is 12.0. The Morgan fingerprint density at radius 1 is 0.833 bits per heavy atom. The smallest absolute Gasteiger partial charge is 0.226 e. The van der Waals surface area contributed by atoms with Crippen molar-refractivity contribution in [3.8, 4) is 11.1 Å². The topological polar surface area (TPSA) is 0 Å². The molecule has 0 heterocycles. The molecule has 0 atom stereocenters. The van der Waals surface area contributed by atoms with Crippen molar-refractivity contribution in [2.45, 2.75) is 26.2 Å². The van der Waals surface area contributed by atoms with Gasteiger partial charge in [-0.05, 0) is 5.41 Å². The summed E-state index contributed by atoms with van der Waals surface area (Å²) in [6.45, 7) is 6.64. The molecule has 0 aromatic heterocycles. The summed E-state index contributed by atoms with van der Waals surface area (Å²) in [6.07, 6.45) is 0. The molecule has 0 N–H and O–H groups in total. The van der Waals surface area contributed by atoms with Gasteiger partial charge in [0.05, 0.1) is 0 Å². The predicted molar refractivity (Wildman–Crippen MR) is 68.3 cm³/mol. The van der Waals surface area contributed by atoms with Crippen molar-refractivity contribution in [1.82, 2.24) is 0 Å². The normalized spacial score (nSPS) is 10.2. The van der Waals surface area contributed by atoms with E-state index in [2.05, 4.69) is 57.2 Å². The van der Waals surface area contributed by atoms with Gasteiger partial charge in [-0.1, -0.05) is 20.8 Å². The molecular formula is C16H16Li2. The van der Waals surface area contributed by atoms with Gasteiger partial charge in [-0.25, -0.2) is 11.1 Å². The minimum Gasteiger partial charge on any atom is -0.226 e. The summed E-state index contributed by atoms with van der Waals surface area (Å²) < 4.78 is 0. The molecule has 82 valence electrons. The van der Waals surface area contributed by atoms with E-state index < -0.39 is 0 Å². The summed E-state index contributed by atoms with van der Waals surface area (Å²) in [7, 11) is 0. The van der Waals surface area contributed by atoms with Crippen LogP contribution in [0.3, 0.4) is 0 Å². The van der Waals surface area contributed by atoms with Crippen LogP contribution in [0.5, 0.6) is 0 Å². The van der Waals surface area contributed by atoms with Crippen LogP contribution in [0.2, 0.25) is 0 Å². The molecule has 0 aliphatic carbocycles. The predicted octanol–water partition coefficient (Wildman–Crippen LogP) is -1.74. The molecule has 2 aromatic carbocycles. The van der Waals surface area contributed by atoms with Gasteiger partial charge in [0.25, 0.3) is 0 Å². The second kappa shape index (κ2) is 7.28. The summed E-state index contributed by atoms with van der Waals surface area (Å²) in [5.41, 5.74) is 3.71. The fourth-order valence-corrected chi connectivity index (χ4v) is 1.62. The zero-order valence-electron chi connectivity index (χ0n) is 12.0.